The van der Waals surface area contributed by atoms with Crippen molar-refractivity contribution in [3.05, 3.63) is 35.5 Å². The number of hydrogen-bond acceptors (Lipinski definition) is 5. The fraction of sp³-hybridized carbons (Fsp3) is 0.385. The molecular formula is C13H16N6O. The van der Waals surface area contributed by atoms with Gasteiger partial charge in [-0.05, 0) is 19.3 Å². The summed E-state index contributed by atoms with van der Waals surface area (Å²) in [7, 11) is 1.92. The van der Waals surface area contributed by atoms with Gasteiger partial charge in [0.1, 0.15) is 0 Å². The highest BCUT2D eigenvalue weighted by Crippen LogP contribution is 2.29. The number of nitrogen functional groups attached to an aromatic ring is 1. The Labute approximate surface area is 116 Å². The van der Waals surface area contributed by atoms with Crippen LogP contribution >= 0.6 is 0 Å². The molecule has 1 aliphatic carbocycles. The van der Waals surface area contributed by atoms with Gasteiger partial charge in [-0.3, -0.25) is 9.48 Å². The first-order valence-corrected chi connectivity index (χ1v) is 6.55. The van der Waals surface area contributed by atoms with E-state index >= 15 is 0 Å². The maximum absolute atomic E-state index is 12.2. The van der Waals surface area contributed by atoms with E-state index in [-0.39, 0.29) is 23.5 Å². The van der Waals surface area contributed by atoms with Crippen LogP contribution in [0.25, 0.3) is 0 Å². The second kappa shape index (κ2) is 4.92. The van der Waals surface area contributed by atoms with E-state index in [0.29, 0.717) is 0 Å². The number of nitrogens with zero attached hydrogens (tertiary/aromatic N) is 4. The number of hydrogen-bond donors (Lipinski definition) is 2. The predicted molar refractivity (Wildman–Crippen MR) is 72.8 cm³/mol. The van der Waals surface area contributed by atoms with Crippen LogP contribution in [0.5, 0.6) is 0 Å². The molecule has 3 N–H and O–H groups in total. The topological polar surface area (TPSA) is 98.7 Å². The zero-order valence-electron chi connectivity index (χ0n) is 11.2. The normalized spacial score (nSPS) is 17.6. The molecule has 0 spiro atoms. The zero-order chi connectivity index (χ0) is 14.1. The number of fused-ring (bicyclic) bond motifs is 1. The molecule has 104 valence electrons. The Morgan fingerprint density at radius 1 is 1.45 bits per heavy atom. The van der Waals surface area contributed by atoms with Crippen LogP contribution in [0.1, 0.15) is 40.6 Å². The number of amides is 1. The molecule has 7 nitrogen and oxygen atoms in total. The number of aromatic nitrogens is 4. The van der Waals surface area contributed by atoms with Crippen LogP contribution in [0.4, 0.5) is 5.82 Å². The van der Waals surface area contributed by atoms with Crippen molar-refractivity contribution in [3.63, 3.8) is 0 Å². The molecule has 0 radical (unpaired) electrons. The molecule has 0 bridgehead atoms. The molecule has 1 amide bonds. The first-order chi connectivity index (χ1) is 9.66. The molecule has 0 fully saturated rings. The second-order valence-electron chi connectivity index (χ2n) is 4.88. The van der Waals surface area contributed by atoms with Crippen molar-refractivity contribution in [2.45, 2.75) is 25.3 Å². The van der Waals surface area contributed by atoms with E-state index in [4.69, 9.17) is 5.73 Å². The lowest BCUT2D eigenvalue weighted by atomic mass is 9.93. The van der Waals surface area contributed by atoms with Crippen molar-refractivity contribution >= 4 is 11.7 Å². The van der Waals surface area contributed by atoms with Gasteiger partial charge >= 0.3 is 0 Å². The number of rotatable bonds is 2. The lowest BCUT2D eigenvalue weighted by molar-refractivity contribution is 0.0928. The third-order valence-corrected chi connectivity index (χ3v) is 3.62. The molecule has 1 aliphatic rings. The first kappa shape index (κ1) is 12.6. The van der Waals surface area contributed by atoms with Gasteiger partial charge < -0.3 is 11.1 Å². The van der Waals surface area contributed by atoms with Crippen molar-refractivity contribution < 1.29 is 4.79 Å². The molecule has 0 aliphatic heterocycles. The van der Waals surface area contributed by atoms with Crippen LogP contribution in [-0.4, -0.2) is 25.7 Å². The van der Waals surface area contributed by atoms with Crippen LogP contribution < -0.4 is 11.1 Å². The van der Waals surface area contributed by atoms with Gasteiger partial charge in [-0.2, -0.15) is 5.10 Å². The van der Waals surface area contributed by atoms with Gasteiger partial charge in [0.15, 0.2) is 11.5 Å². The van der Waals surface area contributed by atoms with Crippen LogP contribution in [0.15, 0.2) is 18.6 Å². The second-order valence-corrected chi connectivity index (χ2v) is 4.88. The van der Waals surface area contributed by atoms with Crippen molar-refractivity contribution in [3.8, 4) is 0 Å². The number of nitrogens with two attached hydrogens (primary N) is 1. The highest BCUT2D eigenvalue weighted by atomic mass is 16.2. The SMILES string of the molecule is Cn1ncc2c1CCC[C@H]2NC(=O)c1nccnc1N. The Hall–Kier alpha value is -2.44. The van der Waals surface area contributed by atoms with E-state index in [9.17, 15) is 4.79 Å². The Morgan fingerprint density at radius 3 is 3.05 bits per heavy atom. The van der Waals surface area contributed by atoms with E-state index < -0.39 is 0 Å². The molecule has 0 aromatic carbocycles. The Bertz CT molecular complexity index is 650. The average Bonchev–Trinajstić information content (AvgIpc) is 2.82. The van der Waals surface area contributed by atoms with Crippen LogP contribution in [-0.2, 0) is 13.5 Å². The summed E-state index contributed by atoms with van der Waals surface area (Å²) in [6, 6.07) is -0.0404. The standard InChI is InChI=1S/C13H16N6O/c1-19-10-4-2-3-9(8(10)7-17-19)18-13(20)11-12(14)16-6-5-15-11/h5-7,9H,2-4H2,1H3,(H2,14,16)(H,18,20)/t9-/m1/s1. The number of aryl methyl sites for hydroxylation is 1. The summed E-state index contributed by atoms with van der Waals surface area (Å²) in [4.78, 5) is 20.1. The van der Waals surface area contributed by atoms with Crippen LogP contribution in [0, 0.1) is 0 Å². The van der Waals surface area contributed by atoms with E-state index in [0.717, 1.165) is 24.8 Å². The molecular weight excluding hydrogens is 256 g/mol. The third-order valence-electron chi connectivity index (χ3n) is 3.62. The summed E-state index contributed by atoms with van der Waals surface area (Å²) in [5.74, 6) is -0.149. The quantitative estimate of drug-likeness (QED) is 0.834. The molecule has 0 saturated heterocycles. The zero-order valence-corrected chi connectivity index (χ0v) is 11.2. The lowest BCUT2D eigenvalue weighted by Crippen LogP contribution is -2.32. The number of anilines is 1. The fourth-order valence-electron chi connectivity index (χ4n) is 2.61. The monoisotopic (exact) mass is 272 g/mol. The molecule has 7 heteroatoms. The molecule has 1 atom stereocenters. The summed E-state index contributed by atoms with van der Waals surface area (Å²) < 4.78 is 1.87. The average molecular weight is 272 g/mol. The van der Waals surface area contributed by atoms with Crippen molar-refractivity contribution in [1.82, 2.24) is 25.1 Å². The van der Waals surface area contributed by atoms with E-state index in [1.165, 1.54) is 18.1 Å². The summed E-state index contributed by atoms with van der Waals surface area (Å²) in [5, 5.41) is 7.23. The minimum Gasteiger partial charge on any atom is -0.382 e. The maximum Gasteiger partial charge on any atom is 0.274 e. The number of nitrogens with one attached hydrogen (secondary N) is 1. The summed E-state index contributed by atoms with van der Waals surface area (Å²) in [6.07, 6.45) is 7.65. The maximum atomic E-state index is 12.2. The van der Waals surface area contributed by atoms with Crippen molar-refractivity contribution in [2.75, 3.05) is 5.73 Å². The third kappa shape index (κ3) is 2.11. The molecule has 20 heavy (non-hydrogen) atoms. The number of carbonyl (C=O) groups excluding carboxylic acids is 1. The van der Waals surface area contributed by atoms with Crippen molar-refractivity contribution in [2.24, 2.45) is 7.05 Å². The van der Waals surface area contributed by atoms with Gasteiger partial charge in [0.25, 0.3) is 5.91 Å². The molecule has 0 unspecified atom stereocenters. The Kier molecular flexibility index (Phi) is 3.09. The van der Waals surface area contributed by atoms with Crippen LogP contribution in [0.2, 0.25) is 0 Å². The smallest absolute Gasteiger partial charge is 0.274 e. The Balaban J connectivity index is 1.83. The van der Waals surface area contributed by atoms with Gasteiger partial charge in [-0.15, -0.1) is 0 Å². The van der Waals surface area contributed by atoms with Gasteiger partial charge in [0, 0.05) is 30.7 Å². The van der Waals surface area contributed by atoms with Crippen molar-refractivity contribution in [1.29, 1.82) is 0 Å². The first-order valence-electron chi connectivity index (χ1n) is 6.55. The molecule has 2 aromatic rings. The number of carbonyl (C=O) groups is 1. The van der Waals surface area contributed by atoms with E-state index in [1.54, 1.807) is 0 Å². The molecule has 2 aromatic heterocycles. The Morgan fingerprint density at radius 2 is 2.25 bits per heavy atom. The van der Waals surface area contributed by atoms with Gasteiger partial charge in [-0.1, -0.05) is 0 Å². The minimum atomic E-state index is -0.294. The predicted octanol–water partition coefficient (Wildman–Crippen LogP) is 0.600. The van der Waals surface area contributed by atoms with Gasteiger partial charge in [0.05, 0.1) is 12.2 Å². The van der Waals surface area contributed by atoms with Gasteiger partial charge in [-0.25, -0.2) is 9.97 Å². The van der Waals surface area contributed by atoms with E-state index in [2.05, 4.69) is 20.4 Å². The summed E-state index contributed by atoms with van der Waals surface area (Å²) in [5.41, 5.74) is 8.10. The summed E-state index contributed by atoms with van der Waals surface area (Å²) >= 11 is 0. The fourth-order valence-corrected chi connectivity index (χ4v) is 2.61. The summed E-state index contributed by atoms with van der Waals surface area (Å²) in [6.45, 7) is 0. The van der Waals surface area contributed by atoms with E-state index in [1.807, 2.05) is 17.9 Å². The lowest BCUT2D eigenvalue weighted by Gasteiger charge is -2.23. The highest BCUT2D eigenvalue weighted by molar-refractivity contribution is 5.96. The molecule has 3 rings (SSSR count). The van der Waals surface area contributed by atoms with Crippen LogP contribution in [0.3, 0.4) is 0 Å². The van der Waals surface area contributed by atoms with Gasteiger partial charge in [0.2, 0.25) is 0 Å². The highest BCUT2D eigenvalue weighted by Gasteiger charge is 2.26. The molecule has 0 saturated carbocycles. The largest absolute Gasteiger partial charge is 0.382 e. The molecule has 2 heterocycles. The minimum absolute atomic E-state index is 0.0404.